The van der Waals surface area contributed by atoms with Crippen LogP contribution in [0.4, 0.5) is 5.69 Å². The van der Waals surface area contributed by atoms with Gasteiger partial charge in [-0.3, -0.25) is 4.98 Å². The van der Waals surface area contributed by atoms with Crippen molar-refractivity contribution in [3.8, 4) is 0 Å². The van der Waals surface area contributed by atoms with E-state index in [9.17, 15) is 0 Å². The first kappa shape index (κ1) is 12.4. The second kappa shape index (κ2) is 5.17. The number of pyridine rings is 1. The minimum atomic E-state index is 0.552. The first-order valence-electron chi connectivity index (χ1n) is 7.14. The molecular formula is C16H21N3. The van der Waals surface area contributed by atoms with Gasteiger partial charge in [0.05, 0.1) is 11.2 Å². The van der Waals surface area contributed by atoms with Gasteiger partial charge >= 0.3 is 0 Å². The lowest BCUT2D eigenvalue weighted by Crippen LogP contribution is -2.38. The van der Waals surface area contributed by atoms with Crippen LogP contribution >= 0.6 is 0 Å². The lowest BCUT2D eigenvalue weighted by Gasteiger charge is -2.37. The van der Waals surface area contributed by atoms with Gasteiger partial charge in [-0.05, 0) is 32.3 Å². The zero-order chi connectivity index (χ0) is 13.2. The third-order valence-corrected chi connectivity index (χ3v) is 4.13. The summed E-state index contributed by atoms with van der Waals surface area (Å²) in [5.74, 6) is 0. The first-order valence-corrected chi connectivity index (χ1v) is 7.14. The topological polar surface area (TPSA) is 42.1 Å². The number of nitrogens with two attached hydrogens (primary N) is 1. The van der Waals surface area contributed by atoms with Gasteiger partial charge in [0.25, 0.3) is 0 Å². The molecule has 100 valence electrons. The average Bonchev–Trinajstić information content (AvgIpc) is 2.47. The fraction of sp³-hybridized carbons (Fsp3) is 0.438. The van der Waals surface area contributed by atoms with Crippen LogP contribution in [-0.2, 0) is 6.54 Å². The van der Waals surface area contributed by atoms with E-state index in [-0.39, 0.29) is 0 Å². The van der Waals surface area contributed by atoms with Gasteiger partial charge in [-0.1, -0.05) is 18.2 Å². The Hall–Kier alpha value is -1.61. The number of rotatable bonds is 2. The van der Waals surface area contributed by atoms with Crippen molar-refractivity contribution in [1.82, 2.24) is 4.98 Å². The Balaban J connectivity index is 2.18. The fourth-order valence-electron chi connectivity index (χ4n) is 3.09. The highest BCUT2D eigenvalue weighted by Crippen LogP contribution is 2.33. The lowest BCUT2D eigenvalue weighted by atomic mass is 9.99. The van der Waals surface area contributed by atoms with E-state index in [2.05, 4.69) is 35.0 Å². The highest BCUT2D eigenvalue weighted by molar-refractivity contribution is 5.93. The van der Waals surface area contributed by atoms with Gasteiger partial charge in [0, 0.05) is 36.3 Å². The van der Waals surface area contributed by atoms with Crippen molar-refractivity contribution in [1.29, 1.82) is 0 Å². The molecule has 1 aliphatic heterocycles. The second-order valence-corrected chi connectivity index (χ2v) is 5.39. The zero-order valence-corrected chi connectivity index (χ0v) is 11.5. The molecule has 1 aromatic carbocycles. The van der Waals surface area contributed by atoms with Gasteiger partial charge < -0.3 is 10.6 Å². The average molecular weight is 255 g/mol. The highest BCUT2D eigenvalue weighted by Gasteiger charge is 2.22. The normalized spacial score (nSPS) is 19.9. The van der Waals surface area contributed by atoms with Gasteiger partial charge in [0.1, 0.15) is 0 Å². The molecule has 1 unspecified atom stereocenters. The van der Waals surface area contributed by atoms with Crippen LogP contribution in [0.3, 0.4) is 0 Å². The maximum absolute atomic E-state index is 5.93. The van der Waals surface area contributed by atoms with Crippen molar-refractivity contribution in [2.45, 2.75) is 38.8 Å². The molecule has 1 atom stereocenters. The number of fused-ring (bicyclic) bond motifs is 1. The summed E-state index contributed by atoms with van der Waals surface area (Å²) in [5, 5.41) is 1.24. The Morgan fingerprint density at radius 1 is 1.32 bits per heavy atom. The van der Waals surface area contributed by atoms with E-state index < -0.39 is 0 Å². The summed E-state index contributed by atoms with van der Waals surface area (Å²) in [5.41, 5.74) is 9.46. The first-order chi connectivity index (χ1) is 9.31. The molecule has 3 heteroatoms. The monoisotopic (exact) mass is 255 g/mol. The Kier molecular flexibility index (Phi) is 3.38. The SMILES string of the molecule is CC1CCCCN1c1c(CN)cnc2ccccc12. The van der Waals surface area contributed by atoms with Crippen LogP contribution in [0.5, 0.6) is 0 Å². The van der Waals surface area contributed by atoms with Gasteiger partial charge in [0.15, 0.2) is 0 Å². The molecule has 0 saturated carbocycles. The molecule has 0 spiro atoms. The number of nitrogens with zero attached hydrogens (tertiary/aromatic N) is 2. The number of hydrogen-bond acceptors (Lipinski definition) is 3. The molecule has 0 amide bonds. The number of para-hydroxylation sites is 1. The van der Waals surface area contributed by atoms with Crippen LogP contribution in [-0.4, -0.2) is 17.6 Å². The third kappa shape index (κ3) is 2.19. The largest absolute Gasteiger partial charge is 0.368 e. The zero-order valence-electron chi connectivity index (χ0n) is 11.5. The van der Waals surface area contributed by atoms with Crippen molar-refractivity contribution in [2.75, 3.05) is 11.4 Å². The van der Waals surface area contributed by atoms with E-state index >= 15 is 0 Å². The highest BCUT2D eigenvalue weighted by atomic mass is 15.2. The number of hydrogen-bond donors (Lipinski definition) is 1. The molecule has 3 nitrogen and oxygen atoms in total. The predicted molar refractivity (Wildman–Crippen MR) is 80.3 cm³/mol. The number of piperidine rings is 1. The van der Waals surface area contributed by atoms with E-state index in [0.717, 1.165) is 17.6 Å². The van der Waals surface area contributed by atoms with Crippen LogP contribution in [0.15, 0.2) is 30.5 Å². The van der Waals surface area contributed by atoms with Crippen molar-refractivity contribution in [2.24, 2.45) is 5.73 Å². The smallest absolute Gasteiger partial charge is 0.0723 e. The lowest BCUT2D eigenvalue weighted by molar-refractivity contribution is 0.484. The molecule has 1 fully saturated rings. The summed E-state index contributed by atoms with van der Waals surface area (Å²) < 4.78 is 0. The number of anilines is 1. The van der Waals surface area contributed by atoms with Crippen LogP contribution < -0.4 is 10.6 Å². The molecule has 2 heterocycles. The van der Waals surface area contributed by atoms with Gasteiger partial charge in [-0.2, -0.15) is 0 Å². The van der Waals surface area contributed by atoms with Crippen molar-refractivity contribution < 1.29 is 0 Å². The summed E-state index contributed by atoms with van der Waals surface area (Å²) in [6.07, 6.45) is 5.81. The minimum Gasteiger partial charge on any atom is -0.368 e. The summed E-state index contributed by atoms with van der Waals surface area (Å²) in [6, 6.07) is 8.96. The Morgan fingerprint density at radius 2 is 2.16 bits per heavy atom. The molecule has 3 rings (SSSR count). The third-order valence-electron chi connectivity index (χ3n) is 4.13. The van der Waals surface area contributed by atoms with Crippen molar-refractivity contribution in [3.05, 3.63) is 36.0 Å². The summed E-state index contributed by atoms with van der Waals surface area (Å²) in [6.45, 7) is 3.99. The molecular weight excluding hydrogens is 234 g/mol. The Labute approximate surface area is 114 Å². The van der Waals surface area contributed by atoms with Crippen LogP contribution in [0.1, 0.15) is 31.7 Å². The van der Waals surface area contributed by atoms with Gasteiger partial charge in [-0.25, -0.2) is 0 Å². The molecule has 2 aromatic rings. The summed E-state index contributed by atoms with van der Waals surface area (Å²) >= 11 is 0. The molecule has 0 radical (unpaired) electrons. The maximum Gasteiger partial charge on any atom is 0.0723 e. The quantitative estimate of drug-likeness (QED) is 0.896. The minimum absolute atomic E-state index is 0.552. The van der Waals surface area contributed by atoms with E-state index in [0.29, 0.717) is 12.6 Å². The molecule has 19 heavy (non-hydrogen) atoms. The molecule has 0 bridgehead atoms. The Morgan fingerprint density at radius 3 is 2.95 bits per heavy atom. The molecule has 2 N–H and O–H groups in total. The predicted octanol–water partition coefficient (Wildman–Crippen LogP) is 3.07. The van der Waals surface area contributed by atoms with Crippen LogP contribution in [0.2, 0.25) is 0 Å². The maximum atomic E-state index is 5.93. The summed E-state index contributed by atoms with van der Waals surface area (Å²) in [7, 11) is 0. The standard InChI is InChI=1S/C16H21N3/c1-12-6-4-5-9-19(12)16-13(10-17)11-18-15-8-3-2-7-14(15)16/h2-3,7-8,11-12H,4-6,9-10,17H2,1H3. The van der Waals surface area contributed by atoms with Crippen LogP contribution in [0.25, 0.3) is 10.9 Å². The second-order valence-electron chi connectivity index (χ2n) is 5.39. The molecule has 1 saturated heterocycles. The number of aromatic nitrogens is 1. The fourth-order valence-corrected chi connectivity index (χ4v) is 3.09. The van der Waals surface area contributed by atoms with Crippen molar-refractivity contribution >= 4 is 16.6 Å². The van der Waals surface area contributed by atoms with E-state index in [1.807, 2.05) is 12.3 Å². The van der Waals surface area contributed by atoms with E-state index in [4.69, 9.17) is 5.73 Å². The molecule has 0 aliphatic carbocycles. The van der Waals surface area contributed by atoms with Crippen molar-refractivity contribution in [3.63, 3.8) is 0 Å². The van der Waals surface area contributed by atoms with Gasteiger partial charge in [-0.15, -0.1) is 0 Å². The van der Waals surface area contributed by atoms with E-state index in [1.165, 1.54) is 30.3 Å². The van der Waals surface area contributed by atoms with Crippen LogP contribution in [0, 0.1) is 0 Å². The summed E-state index contributed by atoms with van der Waals surface area (Å²) in [4.78, 5) is 7.05. The number of benzene rings is 1. The van der Waals surface area contributed by atoms with Gasteiger partial charge in [0.2, 0.25) is 0 Å². The Bertz CT molecular complexity index is 579. The molecule has 1 aliphatic rings. The molecule has 1 aromatic heterocycles. The van der Waals surface area contributed by atoms with E-state index in [1.54, 1.807) is 0 Å².